The monoisotopic (exact) mass is 498 g/mol. The van der Waals surface area contributed by atoms with Gasteiger partial charge in [0.15, 0.2) is 5.69 Å². The molecule has 3 aromatic heterocycles. The van der Waals surface area contributed by atoms with Crippen LogP contribution in [-0.2, 0) is 11.3 Å². The van der Waals surface area contributed by atoms with Crippen molar-refractivity contribution in [2.75, 3.05) is 5.73 Å². The number of nitrogens with one attached hydrogen (secondary N) is 1. The van der Waals surface area contributed by atoms with Gasteiger partial charge in [-0.2, -0.15) is 4.37 Å². The lowest BCUT2D eigenvalue weighted by molar-refractivity contribution is -0.127. The summed E-state index contributed by atoms with van der Waals surface area (Å²) in [6.07, 6.45) is 8.43. The average Bonchev–Trinajstić information content (AvgIpc) is 3.49. The molecule has 0 spiro atoms. The van der Waals surface area contributed by atoms with Gasteiger partial charge in [0, 0.05) is 29.9 Å². The molecule has 0 bridgehead atoms. The van der Waals surface area contributed by atoms with E-state index in [1.165, 1.54) is 22.7 Å². The number of carbonyl (C=O) groups is 3. The molecule has 0 aromatic carbocycles. The molecule has 3 aromatic rings. The summed E-state index contributed by atoms with van der Waals surface area (Å²) in [5, 5.41) is 5.03. The molecule has 5 N–H and O–H groups in total. The van der Waals surface area contributed by atoms with E-state index in [0.717, 1.165) is 47.7 Å². The molecule has 3 heterocycles. The van der Waals surface area contributed by atoms with Crippen LogP contribution in [0.4, 0.5) is 5.69 Å². The molecule has 1 atom stereocenters. The number of nitrogens with two attached hydrogens (primary N) is 2. The highest BCUT2D eigenvalue weighted by Gasteiger charge is 2.36. The van der Waals surface area contributed by atoms with Crippen molar-refractivity contribution in [2.45, 2.75) is 50.7 Å². The first-order valence-electron chi connectivity index (χ1n) is 11.0. The minimum atomic E-state index is -0.881. The number of aromatic nitrogens is 2. The molecular weight excluding hydrogens is 472 g/mol. The van der Waals surface area contributed by atoms with Crippen molar-refractivity contribution < 1.29 is 14.4 Å². The van der Waals surface area contributed by atoms with Gasteiger partial charge >= 0.3 is 0 Å². The van der Waals surface area contributed by atoms with E-state index >= 15 is 0 Å². The van der Waals surface area contributed by atoms with Gasteiger partial charge in [0.25, 0.3) is 11.8 Å². The van der Waals surface area contributed by atoms with Crippen molar-refractivity contribution in [1.82, 2.24) is 19.6 Å². The third-order valence-corrected chi connectivity index (χ3v) is 7.59. The molecule has 4 rings (SSSR count). The highest BCUT2D eigenvalue weighted by Crippen LogP contribution is 2.32. The highest BCUT2D eigenvalue weighted by molar-refractivity contribution is 7.10. The zero-order valence-corrected chi connectivity index (χ0v) is 20.1. The molecule has 1 unspecified atom stereocenters. The first kappa shape index (κ1) is 23.8. The van der Waals surface area contributed by atoms with Crippen LogP contribution < -0.4 is 16.8 Å². The number of nitrogen functional groups attached to an aromatic ring is 1. The maximum absolute atomic E-state index is 13.8. The van der Waals surface area contributed by atoms with E-state index in [9.17, 15) is 14.4 Å². The molecule has 178 valence electrons. The molecule has 9 nitrogen and oxygen atoms in total. The lowest BCUT2D eigenvalue weighted by Crippen LogP contribution is -2.46. The standard InChI is InChI=1S/C23H26N6O3S2/c24-17-18(21(25)30)28-34-20(17)23(32)29(13-14-6-4-10-26-12-14)19(16-9-5-11-33-16)22(31)27-15-7-2-1-3-8-15/h4-6,9-12,15,19H,1-3,7-8,13,24H2,(H2,25,30)(H,27,31). The predicted molar refractivity (Wildman–Crippen MR) is 131 cm³/mol. The second-order valence-corrected chi connectivity index (χ2v) is 9.95. The van der Waals surface area contributed by atoms with Gasteiger partial charge in [0.05, 0.1) is 5.69 Å². The Bertz CT molecular complexity index is 1140. The molecule has 3 amide bonds. The third kappa shape index (κ3) is 5.26. The molecule has 1 saturated carbocycles. The summed E-state index contributed by atoms with van der Waals surface area (Å²) < 4.78 is 3.97. The number of hydrogen-bond donors (Lipinski definition) is 3. The fourth-order valence-corrected chi connectivity index (χ4v) is 5.72. The van der Waals surface area contributed by atoms with E-state index in [1.54, 1.807) is 18.5 Å². The number of pyridine rings is 1. The summed E-state index contributed by atoms with van der Waals surface area (Å²) in [4.78, 5) is 45.5. The van der Waals surface area contributed by atoms with Crippen LogP contribution in [0.5, 0.6) is 0 Å². The third-order valence-electron chi connectivity index (χ3n) is 5.82. The van der Waals surface area contributed by atoms with Gasteiger partial charge in [0.1, 0.15) is 10.9 Å². The van der Waals surface area contributed by atoms with Gasteiger partial charge in [-0.25, -0.2) is 0 Å². The number of primary amides is 1. The summed E-state index contributed by atoms with van der Waals surface area (Å²) in [5.41, 5.74) is 12.0. The molecule has 1 fully saturated rings. The second-order valence-electron chi connectivity index (χ2n) is 8.19. The maximum atomic E-state index is 13.8. The average molecular weight is 499 g/mol. The Hall–Kier alpha value is -3.31. The quantitative estimate of drug-likeness (QED) is 0.435. The van der Waals surface area contributed by atoms with E-state index in [0.29, 0.717) is 0 Å². The van der Waals surface area contributed by atoms with Crippen LogP contribution in [0.2, 0.25) is 0 Å². The Morgan fingerprint density at radius 3 is 2.59 bits per heavy atom. The summed E-state index contributed by atoms with van der Waals surface area (Å²) in [6.45, 7) is 0.122. The topological polar surface area (TPSA) is 144 Å². The lowest BCUT2D eigenvalue weighted by Gasteiger charge is -2.32. The second kappa shape index (κ2) is 10.7. The van der Waals surface area contributed by atoms with Crippen LogP contribution in [0.1, 0.15) is 68.7 Å². The fraction of sp³-hybridized carbons (Fsp3) is 0.348. The van der Waals surface area contributed by atoms with Gasteiger partial charge in [-0.05, 0) is 47.5 Å². The lowest BCUT2D eigenvalue weighted by atomic mass is 9.95. The zero-order valence-electron chi connectivity index (χ0n) is 18.5. The minimum absolute atomic E-state index is 0.0729. The zero-order chi connectivity index (χ0) is 24.1. The summed E-state index contributed by atoms with van der Waals surface area (Å²) in [5.74, 6) is -1.55. The van der Waals surface area contributed by atoms with Crippen LogP contribution in [-0.4, -0.2) is 38.0 Å². The Kier molecular flexibility index (Phi) is 7.53. The van der Waals surface area contributed by atoms with E-state index in [1.807, 2.05) is 23.6 Å². The van der Waals surface area contributed by atoms with Crippen molar-refractivity contribution in [3.63, 3.8) is 0 Å². The van der Waals surface area contributed by atoms with Gasteiger partial charge in [-0.3, -0.25) is 19.4 Å². The Morgan fingerprint density at radius 1 is 1.18 bits per heavy atom. The molecule has 0 saturated heterocycles. The SMILES string of the molecule is NC(=O)c1nsc(C(=O)N(Cc2cccnc2)C(C(=O)NC2CCCCC2)c2cccs2)c1N. The summed E-state index contributed by atoms with van der Waals surface area (Å²) in [7, 11) is 0. The number of amides is 3. The molecule has 1 aliphatic carbocycles. The summed E-state index contributed by atoms with van der Waals surface area (Å²) >= 11 is 2.20. The molecule has 0 aliphatic heterocycles. The van der Waals surface area contributed by atoms with Crippen LogP contribution in [0.25, 0.3) is 0 Å². The van der Waals surface area contributed by atoms with Crippen LogP contribution >= 0.6 is 22.9 Å². The highest BCUT2D eigenvalue weighted by atomic mass is 32.1. The minimum Gasteiger partial charge on any atom is -0.395 e. The van der Waals surface area contributed by atoms with Gasteiger partial charge in [-0.15, -0.1) is 11.3 Å². The number of anilines is 1. The van der Waals surface area contributed by atoms with Crippen molar-refractivity contribution in [1.29, 1.82) is 0 Å². The first-order chi connectivity index (χ1) is 16.5. The largest absolute Gasteiger partial charge is 0.395 e. The van der Waals surface area contributed by atoms with Crippen molar-refractivity contribution in [3.05, 3.63) is 63.1 Å². The van der Waals surface area contributed by atoms with E-state index in [4.69, 9.17) is 11.5 Å². The van der Waals surface area contributed by atoms with E-state index in [2.05, 4.69) is 14.7 Å². The first-order valence-corrected chi connectivity index (χ1v) is 12.7. The molecular formula is C23H26N6O3S2. The van der Waals surface area contributed by atoms with E-state index in [-0.39, 0.29) is 34.8 Å². The molecule has 34 heavy (non-hydrogen) atoms. The normalized spacial score (nSPS) is 14.9. The maximum Gasteiger partial charge on any atom is 0.270 e. The smallest absolute Gasteiger partial charge is 0.270 e. The van der Waals surface area contributed by atoms with Crippen LogP contribution in [0.15, 0.2) is 42.0 Å². The Labute approximate surface area is 205 Å². The predicted octanol–water partition coefficient (Wildman–Crippen LogP) is 3.11. The molecule has 0 radical (unpaired) electrons. The number of hydrogen-bond acceptors (Lipinski definition) is 8. The summed E-state index contributed by atoms with van der Waals surface area (Å²) in [6, 6.07) is 6.49. The van der Waals surface area contributed by atoms with Gasteiger partial charge in [-0.1, -0.05) is 31.4 Å². The van der Waals surface area contributed by atoms with Gasteiger partial charge < -0.3 is 21.7 Å². The number of nitrogens with zero attached hydrogens (tertiary/aromatic N) is 3. The number of thiophene rings is 1. The van der Waals surface area contributed by atoms with E-state index < -0.39 is 17.9 Å². The van der Waals surface area contributed by atoms with Gasteiger partial charge in [0.2, 0.25) is 5.91 Å². The number of carbonyl (C=O) groups excluding carboxylic acids is 3. The Morgan fingerprint density at radius 2 is 1.97 bits per heavy atom. The van der Waals surface area contributed by atoms with Crippen molar-refractivity contribution in [2.24, 2.45) is 5.73 Å². The van der Waals surface area contributed by atoms with Crippen molar-refractivity contribution in [3.8, 4) is 0 Å². The van der Waals surface area contributed by atoms with Crippen LogP contribution in [0.3, 0.4) is 0 Å². The molecule has 1 aliphatic rings. The molecule has 11 heteroatoms. The fourth-order valence-electron chi connectivity index (χ4n) is 4.13. The van der Waals surface area contributed by atoms with Crippen molar-refractivity contribution >= 4 is 46.3 Å². The van der Waals surface area contributed by atoms with Crippen LogP contribution in [0, 0.1) is 0 Å². The number of rotatable bonds is 8. The Balaban J connectivity index is 1.72.